The van der Waals surface area contributed by atoms with Crippen LogP contribution in [0.15, 0.2) is 0 Å². The lowest BCUT2D eigenvalue weighted by atomic mass is 9.81. The Morgan fingerprint density at radius 1 is 1.10 bits per heavy atom. The predicted octanol–water partition coefficient (Wildman–Crippen LogP) is 2.33. The van der Waals surface area contributed by atoms with E-state index in [2.05, 4.69) is 12.2 Å². The fourth-order valence-corrected chi connectivity index (χ4v) is 3.45. The zero-order valence-electron chi connectivity index (χ0n) is 12.9. The molecule has 1 heterocycles. The number of carbonyl (C=O) groups excluding carboxylic acids is 2. The highest BCUT2D eigenvalue weighted by atomic mass is 16.2. The fourth-order valence-electron chi connectivity index (χ4n) is 3.45. The van der Waals surface area contributed by atoms with Crippen molar-refractivity contribution in [1.29, 1.82) is 0 Å². The van der Waals surface area contributed by atoms with Crippen LogP contribution in [-0.4, -0.2) is 35.8 Å². The SMILES string of the molecule is CCCN1C(=O)CC(NCC2CCC(CC)CC2)C1=O. The standard InChI is InChI=1S/C16H28N2O2/c1-3-9-18-15(19)10-14(16(18)20)17-11-13-7-5-12(4-2)6-8-13/h12-14,17H,3-11H2,1-2H3. The van der Waals surface area contributed by atoms with E-state index in [1.54, 1.807) is 0 Å². The fraction of sp³-hybridized carbons (Fsp3) is 0.875. The smallest absolute Gasteiger partial charge is 0.246 e. The second kappa shape index (κ2) is 7.21. The number of carbonyl (C=O) groups is 2. The molecule has 0 bridgehead atoms. The average molecular weight is 280 g/mol. The normalized spacial score (nSPS) is 31.1. The molecule has 1 saturated carbocycles. The van der Waals surface area contributed by atoms with Crippen LogP contribution in [0, 0.1) is 11.8 Å². The van der Waals surface area contributed by atoms with E-state index in [0.717, 1.165) is 18.9 Å². The number of rotatable bonds is 6. The first-order valence-electron chi connectivity index (χ1n) is 8.23. The van der Waals surface area contributed by atoms with Crippen LogP contribution in [0.25, 0.3) is 0 Å². The maximum atomic E-state index is 12.1. The van der Waals surface area contributed by atoms with Gasteiger partial charge >= 0.3 is 0 Å². The van der Waals surface area contributed by atoms with E-state index in [1.165, 1.54) is 37.0 Å². The first kappa shape index (κ1) is 15.5. The molecule has 2 aliphatic rings. The highest BCUT2D eigenvalue weighted by molar-refractivity contribution is 6.05. The quantitative estimate of drug-likeness (QED) is 0.760. The van der Waals surface area contributed by atoms with E-state index in [-0.39, 0.29) is 17.9 Å². The van der Waals surface area contributed by atoms with Gasteiger partial charge < -0.3 is 5.32 Å². The molecule has 0 radical (unpaired) electrons. The minimum absolute atomic E-state index is 0.0101. The van der Waals surface area contributed by atoms with Gasteiger partial charge in [0.2, 0.25) is 11.8 Å². The molecule has 1 N–H and O–H groups in total. The summed E-state index contributed by atoms with van der Waals surface area (Å²) in [7, 11) is 0. The van der Waals surface area contributed by atoms with Gasteiger partial charge in [0.1, 0.15) is 0 Å². The van der Waals surface area contributed by atoms with Gasteiger partial charge in [-0.25, -0.2) is 0 Å². The lowest BCUT2D eigenvalue weighted by molar-refractivity contribution is -0.138. The molecule has 4 nitrogen and oxygen atoms in total. The van der Waals surface area contributed by atoms with Crippen LogP contribution in [0.1, 0.15) is 58.8 Å². The average Bonchev–Trinajstić information content (AvgIpc) is 2.73. The lowest BCUT2D eigenvalue weighted by Crippen LogP contribution is -2.41. The highest BCUT2D eigenvalue weighted by Gasteiger charge is 2.37. The zero-order chi connectivity index (χ0) is 14.5. The van der Waals surface area contributed by atoms with Crippen LogP contribution in [0.4, 0.5) is 0 Å². The Balaban J connectivity index is 1.75. The molecular weight excluding hydrogens is 252 g/mol. The van der Waals surface area contributed by atoms with Crippen molar-refractivity contribution in [2.75, 3.05) is 13.1 Å². The van der Waals surface area contributed by atoms with Crippen molar-refractivity contribution in [2.24, 2.45) is 11.8 Å². The van der Waals surface area contributed by atoms with E-state index in [0.29, 0.717) is 18.9 Å². The summed E-state index contributed by atoms with van der Waals surface area (Å²) in [6, 6.07) is -0.266. The number of hydrogen-bond donors (Lipinski definition) is 1. The Morgan fingerprint density at radius 3 is 2.35 bits per heavy atom. The molecule has 4 heteroatoms. The molecule has 0 aromatic rings. The minimum Gasteiger partial charge on any atom is -0.305 e. The molecule has 1 unspecified atom stereocenters. The minimum atomic E-state index is -0.266. The molecule has 2 amide bonds. The van der Waals surface area contributed by atoms with Crippen molar-refractivity contribution in [1.82, 2.24) is 10.2 Å². The molecule has 0 aromatic heterocycles. The van der Waals surface area contributed by atoms with Gasteiger partial charge in [0, 0.05) is 6.54 Å². The molecule has 0 aromatic carbocycles. The summed E-state index contributed by atoms with van der Waals surface area (Å²) in [5, 5.41) is 3.34. The van der Waals surface area contributed by atoms with Gasteiger partial charge in [0.05, 0.1) is 12.5 Å². The Bertz CT molecular complexity index is 348. The van der Waals surface area contributed by atoms with Crippen molar-refractivity contribution < 1.29 is 9.59 Å². The van der Waals surface area contributed by atoms with Crippen molar-refractivity contribution in [3.63, 3.8) is 0 Å². The molecule has 1 atom stereocenters. The van der Waals surface area contributed by atoms with E-state index < -0.39 is 0 Å². The number of hydrogen-bond acceptors (Lipinski definition) is 3. The summed E-state index contributed by atoms with van der Waals surface area (Å²) >= 11 is 0. The molecule has 114 valence electrons. The Kier molecular flexibility index (Phi) is 5.58. The van der Waals surface area contributed by atoms with Gasteiger partial charge in [0.25, 0.3) is 0 Å². The second-order valence-electron chi connectivity index (χ2n) is 6.34. The molecule has 20 heavy (non-hydrogen) atoms. The Labute approximate surface area is 122 Å². The van der Waals surface area contributed by atoms with Crippen LogP contribution < -0.4 is 5.32 Å². The van der Waals surface area contributed by atoms with Crippen molar-refractivity contribution >= 4 is 11.8 Å². The van der Waals surface area contributed by atoms with E-state index in [1.807, 2.05) is 6.92 Å². The third-order valence-corrected chi connectivity index (χ3v) is 4.89. The molecule has 1 aliphatic carbocycles. The van der Waals surface area contributed by atoms with Gasteiger partial charge in [0.15, 0.2) is 0 Å². The first-order valence-corrected chi connectivity index (χ1v) is 8.23. The van der Waals surface area contributed by atoms with Crippen LogP contribution in [0.2, 0.25) is 0 Å². The van der Waals surface area contributed by atoms with Crippen LogP contribution in [-0.2, 0) is 9.59 Å². The molecule has 0 spiro atoms. The van der Waals surface area contributed by atoms with Crippen molar-refractivity contribution in [3.8, 4) is 0 Å². The Morgan fingerprint density at radius 2 is 1.75 bits per heavy atom. The molecular formula is C16H28N2O2. The monoisotopic (exact) mass is 280 g/mol. The van der Waals surface area contributed by atoms with Gasteiger partial charge in [-0.3, -0.25) is 14.5 Å². The highest BCUT2D eigenvalue weighted by Crippen LogP contribution is 2.30. The van der Waals surface area contributed by atoms with Gasteiger partial charge in [-0.05, 0) is 37.6 Å². The lowest BCUT2D eigenvalue weighted by Gasteiger charge is -2.28. The number of likely N-dealkylation sites (tertiary alicyclic amines) is 1. The van der Waals surface area contributed by atoms with Gasteiger partial charge in [-0.1, -0.05) is 33.1 Å². The Hall–Kier alpha value is -0.900. The van der Waals surface area contributed by atoms with Gasteiger partial charge in [-0.15, -0.1) is 0 Å². The number of amides is 2. The summed E-state index contributed by atoms with van der Waals surface area (Å²) in [5.74, 6) is 1.56. The molecule has 1 aliphatic heterocycles. The summed E-state index contributed by atoms with van der Waals surface area (Å²) in [5.41, 5.74) is 0. The number of nitrogens with zero attached hydrogens (tertiary/aromatic N) is 1. The van der Waals surface area contributed by atoms with E-state index in [4.69, 9.17) is 0 Å². The van der Waals surface area contributed by atoms with Crippen molar-refractivity contribution in [2.45, 2.75) is 64.8 Å². The van der Waals surface area contributed by atoms with Crippen LogP contribution in [0.3, 0.4) is 0 Å². The molecule has 1 saturated heterocycles. The summed E-state index contributed by atoms with van der Waals surface area (Å²) in [6.07, 6.45) is 7.65. The van der Waals surface area contributed by atoms with E-state index >= 15 is 0 Å². The maximum Gasteiger partial charge on any atom is 0.246 e. The number of nitrogens with one attached hydrogen (secondary N) is 1. The summed E-state index contributed by atoms with van der Waals surface area (Å²) < 4.78 is 0. The largest absolute Gasteiger partial charge is 0.305 e. The third-order valence-electron chi connectivity index (χ3n) is 4.89. The van der Waals surface area contributed by atoms with Crippen LogP contribution in [0.5, 0.6) is 0 Å². The first-order chi connectivity index (χ1) is 9.65. The summed E-state index contributed by atoms with van der Waals surface area (Å²) in [4.78, 5) is 25.3. The zero-order valence-corrected chi connectivity index (χ0v) is 12.9. The van der Waals surface area contributed by atoms with Gasteiger partial charge in [-0.2, -0.15) is 0 Å². The molecule has 2 rings (SSSR count). The molecule has 2 fully saturated rings. The second-order valence-corrected chi connectivity index (χ2v) is 6.34. The number of imide groups is 1. The topological polar surface area (TPSA) is 49.4 Å². The van der Waals surface area contributed by atoms with Crippen molar-refractivity contribution in [3.05, 3.63) is 0 Å². The summed E-state index contributed by atoms with van der Waals surface area (Å²) in [6.45, 7) is 5.72. The maximum absolute atomic E-state index is 12.1. The van der Waals surface area contributed by atoms with Crippen LogP contribution >= 0.6 is 0 Å². The van der Waals surface area contributed by atoms with E-state index in [9.17, 15) is 9.59 Å². The third kappa shape index (κ3) is 3.60. The predicted molar refractivity (Wildman–Crippen MR) is 79.2 cm³/mol.